The van der Waals surface area contributed by atoms with Crippen molar-refractivity contribution in [3.8, 4) is 11.6 Å². The molecule has 0 spiro atoms. The van der Waals surface area contributed by atoms with E-state index in [1.807, 2.05) is 36.1 Å². The van der Waals surface area contributed by atoms with Gasteiger partial charge in [0.15, 0.2) is 0 Å². The molecule has 1 aliphatic rings. The van der Waals surface area contributed by atoms with Gasteiger partial charge in [-0.3, -0.25) is 5.10 Å². The Balaban J connectivity index is 1.29. The Morgan fingerprint density at radius 1 is 1.14 bits per heavy atom. The number of pyridine rings is 1. The molecule has 0 unspecified atom stereocenters. The summed E-state index contributed by atoms with van der Waals surface area (Å²) in [5.41, 5.74) is 1.81. The first-order valence-corrected chi connectivity index (χ1v) is 9.29. The van der Waals surface area contributed by atoms with Gasteiger partial charge in [0.2, 0.25) is 5.88 Å². The number of likely N-dealkylation sites (tertiary alicyclic amines) is 1. The molecule has 144 valence electrons. The largest absolute Gasteiger partial charge is 0.439 e. The van der Waals surface area contributed by atoms with Gasteiger partial charge in [-0.1, -0.05) is 17.7 Å². The van der Waals surface area contributed by atoms with E-state index in [0.29, 0.717) is 30.6 Å². The number of urea groups is 1. The minimum absolute atomic E-state index is 0.120. The average Bonchev–Trinajstić information content (AvgIpc) is 3.26. The predicted molar refractivity (Wildman–Crippen MR) is 104 cm³/mol. The Hall–Kier alpha value is -3.42. The number of nitrogens with one attached hydrogen (secondary N) is 2. The highest BCUT2D eigenvalue weighted by atomic mass is 16.5. The number of nitrogens with zero attached hydrogens (tertiary/aromatic N) is 4. The molecule has 2 amide bonds. The van der Waals surface area contributed by atoms with Gasteiger partial charge in [-0.05, 0) is 38.0 Å². The van der Waals surface area contributed by atoms with Gasteiger partial charge < -0.3 is 15.0 Å². The maximum Gasteiger partial charge on any atom is 0.321 e. The normalized spacial score (nSPS) is 14.7. The summed E-state index contributed by atoms with van der Waals surface area (Å²) in [6, 6.07) is 11.2. The van der Waals surface area contributed by atoms with E-state index in [0.717, 1.165) is 24.4 Å². The summed E-state index contributed by atoms with van der Waals surface area (Å²) in [5, 5.41) is 9.71. The third-order valence-corrected chi connectivity index (χ3v) is 4.83. The number of benzene rings is 1. The van der Waals surface area contributed by atoms with Gasteiger partial charge in [0.25, 0.3) is 0 Å². The molecule has 0 saturated carbocycles. The van der Waals surface area contributed by atoms with Gasteiger partial charge in [0, 0.05) is 25.1 Å². The fourth-order valence-corrected chi connectivity index (χ4v) is 3.21. The molecular weight excluding hydrogens is 356 g/mol. The van der Waals surface area contributed by atoms with Crippen molar-refractivity contribution in [1.82, 2.24) is 25.1 Å². The molecule has 3 aromatic rings. The number of H-pyrrole nitrogens is 1. The smallest absolute Gasteiger partial charge is 0.321 e. The second kappa shape index (κ2) is 8.08. The summed E-state index contributed by atoms with van der Waals surface area (Å²) in [6.45, 7) is 3.38. The molecule has 1 saturated heterocycles. The number of ether oxygens (including phenoxy) is 1. The highest BCUT2D eigenvalue weighted by Crippen LogP contribution is 2.25. The molecule has 8 heteroatoms. The standard InChI is InChI=1S/C20H22N6O2/c1-14-2-5-17(6-3-14)28-18-7-4-16(12-21-18)24-20(27)26-10-8-15(9-11-26)19-22-13-23-25-19/h2-7,12-13,15H,8-11H2,1H3,(H,24,27)(H,22,23,25). The van der Waals surface area contributed by atoms with Crippen molar-refractivity contribution in [2.24, 2.45) is 0 Å². The van der Waals surface area contributed by atoms with Gasteiger partial charge >= 0.3 is 6.03 Å². The van der Waals surface area contributed by atoms with E-state index in [2.05, 4.69) is 25.5 Å². The van der Waals surface area contributed by atoms with E-state index in [-0.39, 0.29) is 6.03 Å². The monoisotopic (exact) mass is 378 g/mol. The zero-order valence-corrected chi connectivity index (χ0v) is 15.6. The molecule has 1 fully saturated rings. The van der Waals surface area contributed by atoms with E-state index in [1.165, 1.54) is 11.9 Å². The lowest BCUT2D eigenvalue weighted by Crippen LogP contribution is -2.40. The van der Waals surface area contributed by atoms with Crippen LogP contribution in [0.25, 0.3) is 0 Å². The molecule has 0 atom stereocenters. The van der Waals surface area contributed by atoms with Gasteiger partial charge in [0.1, 0.15) is 17.9 Å². The topological polar surface area (TPSA) is 96.0 Å². The Morgan fingerprint density at radius 3 is 2.57 bits per heavy atom. The number of rotatable bonds is 4. The van der Waals surface area contributed by atoms with Crippen molar-refractivity contribution in [1.29, 1.82) is 0 Å². The second-order valence-electron chi connectivity index (χ2n) is 6.86. The van der Waals surface area contributed by atoms with E-state index in [9.17, 15) is 4.79 Å². The minimum atomic E-state index is -0.120. The molecule has 2 N–H and O–H groups in total. The van der Waals surface area contributed by atoms with Gasteiger partial charge in [-0.2, -0.15) is 5.10 Å². The van der Waals surface area contributed by atoms with Crippen molar-refractivity contribution in [2.75, 3.05) is 18.4 Å². The van der Waals surface area contributed by atoms with Crippen molar-refractivity contribution >= 4 is 11.7 Å². The number of aryl methyl sites for hydroxylation is 1. The van der Waals surface area contributed by atoms with E-state index < -0.39 is 0 Å². The lowest BCUT2D eigenvalue weighted by Gasteiger charge is -2.30. The van der Waals surface area contributed by atoms with E-state index in [1.54, 1.807) is 18.3 Å². The van der Waals surface area contributed by atoms with Gasteiger partial charge in [-0.25, -0.2) is 14.8 Å². The Kier molecular flexibility index (Phi) is 5.18. The summed E-state index contributed by atoms with van der Waals surface area (Å²) in [5.74, 6) is 2.43. The van der Waals surface area contributed by atoms with Gasteiger partial charge in [0.05, 0.1) is 11.9 Å². The van der Waals surface area contributed by atoms with Crippen LogP contribution in [0, 0.1) is 6.92 Å². The van der Waals surface area contributed by atoms with Crippen LogP contribution >= 0.6 is 0 Å². The van der Waals surface area contributed by atoms with Crippen molar-refractivity contribution in [3.63, 3.8) is 0 Å². The van der Waals surface area contributed by atoms with Crippen molar-refractivity contribution in [2.45, 2.75) is 25.7 Å². The molecule has 0 bridgehead atoms. The number of hydrogen-bond donors (Lipinski definition) is 2. The molecular formula is C20H22N6O2. The zero-order chi connectivity index (χ0) is 19.3. The summed E-state index contributed by atoms with van der Waals surface area (Å²) in [6.07, 6.45) is 4.85. The highest BCUT2D eigenvalue weighted by Gasteiger charge is 2.25. The molecule has 1 aliphatic heterocycles. The molecule has 8 nitrogen and oxygen atoms in total. The minimum Gasteiger partial charge on any atom is -0.439 e. The number of hydrogen-bond acceptors (Lipinski definition) is 5. The number of anilines is 1. The number of aromatic nitrogens is 4. The van der Waals surface area contributed by atoms with Crippen molar-refractivity contribution in [3.05, 3.63) is 60.3 Å². The van der Waals surface area contributed by atoms with Crippen LogP contribution in [0.5, 0.6) is 11.6 Å². The van der Waals surface area contributed by atoms with Crippen LogP contribution in [0.2, 0.25) is 0 Å². The lowest BCUT2D eigenvalue weighted by molar-refractivity contribution is 0.193. The number of piperidine rings is 1. The fraction of sp³-hybridized carbons (Fsp3) is 0.300. The first-order chi connectivity index (χ1) is 13.7. The third kappa shape index (κ3) is 4.28. The molecule has 0 aliphatic carbocycles. The summed E-state index contributed by atoms with van der Waals surface area (Å²) in [7, 11) is 0. The molecule has 4 rings (SSSR count). The maximum atomic E-state index is 12.5. The molecule has 2 aromatic heterocycles. The second-order valence-corrected chi connectivity index (χ2v) is 6.86. The molecule has 3 heterocycles. The summed E-state index contributed by atoms with van der Waals surface area (Å²) < 4.78 is 5.71. The van der Waals surface area contributed by atoms with Gasteiger partial charge in [-0.15, -0.1) is 0 Å². The highest BCUT2D eigenvalue weighted by molar-refractivity contribution is 5.89. The molecule has 0 radical (unpaired) electrons. The number of aromatic amines is 1. The SMILES string of the molecule is Cc1ccc(Oc2ccc(NC(=O)N3CCC(c4ncn[nH]4)CC3)cn2)cc1. The Bertz CT molecular complexity index is 901. The van der Waals surface area contributed by atoms with E-state index >= 15 is 0 Å². The van der Waals surface area contributed by atoms with Crippen LogP contribution in [-0.4, -0.2) is 44.2 Å². The predicted octanol–water partition coefficient (Wildman–Crippen LogP) is 3.71. The average molecular weight is 378 g/mol. The van der Waals surface area contributed by atoms with Crippen LogP contribution in [0.15, 0.2) is 48.9 Å². The van der Waals surface area contributed by atoms with Crippen LogP contribution in [0.1, 0.15) is 30.1 Å². The Morgan fingerprint density at radius 2 is 1.93 bits per heavy atom. The molecule has 1 aromatic carbocycles. The van der Waals surface area contributed by atoms with Crippen LogP contribution in [-0.2, 0) is 0 Å². The number of carbonyl (C=O) groups excluding carboxylic acids is 1. The fourth-order valence-electron chi connectivity index (χ4n) is 3.21. The summed E-state index contributed by atoms with van der Waals surface area (Å²) in [4.78, 5) is 22.8. The maximum absolute atomic E-state index is 12.5. The summed E-state index contributed by atoms with van der Waals surface area (Å²) >= 11 is 0. The third-order valence-electron chi connectivity index (χ3n) is 4.83. The quantitative estimate of drug-likeness (QED) is 0.721. The number of carbonyl (C=O) groups is 1. The van der Waals surface area contributed by atoms with Crippen LogP contribution in [0.4, 0.5) is 10.5 Å². The Labute approximate surface area is 163 Å². The van der Waals surface area contributed by atoms with E-state index in [4.69, 9.17) is 4.74 Å². The first-order valence-electron chi connectivity index (χ1n) is 9.29. The number of amides is 2. The molecule has 28 heavy (non-hydrogen) atoms. The van der Waals surface area contributed by atoms with Crippen molar-refractivity contribution < 1.29 is 9.53 Å². The first kappa shape index (κ1) is 18.0. The lowest BCUT2D eigenvalue weighted by atomic mass is 9.96. The zero-order valence-electron chi connectivity index (χ0n) is 15.6. The van der Waals surface area contributed by atoms with Crippen LogP contribution in [0.3, 0.4) is 0 Å². The van der Waals surface area contributed by atoms with Crippen LogP contribution < -0.4 is 10.1 Å².